The summed E-state index contributed by atoms with van der Waals surface area (Å²) in [5, 5.41) is 14.2. The number of rotatable bonds is 4. The number of hydrogen-bond acceptors (Lipinski definition) is 5. The summed E-state index contributed by atoms with van der Waals surface area (Å²) < 4.78 is 5.64. The number of aromatic nitrogens is 1. The fourth-order valence-corrected chi connectivity index (χ4v) is 1.83. The summed E-state index contributed by atoms with van der Waals surface area (Å²) in [6.07, 6.45) is 1.59. The van der Waals surface area contributed by atoms with Gasteiger partial charge in [-0.2, -0.15) is 0 Å². The Balaban J connectivity index is 2.22. The van der Waals surface area contributed by atoms with Gasteiger partial charge in [-0.3, -0.25) is 10.1 Å². The van der Waals surface area contributed by atoms with E-state index < -0.39 is 4.92 Å². The van der Waals surface area contributed by atoms with Crippen LogP contribution in [0.1, 0.15) is 32.2 Å². The van der Waals surface area contributed by atoms with Gasteiger partial charge in [0.15, 0.2) is 5.76 Å². The lowest BCUT2D eigenvalue weighted by Gasteiger charge is -2.18. The minimum Gasteiger partial charge on any atom is -0.439 e. The maximum absolute atomic E-state index is 11.0. The van der Waals surface area contributed by atoms with Crippen molar-refractivity contribution in [3.63, 3.8) is 0 Å². The van der Waals surface area contributed by atoms with E-state index >= 15 is 0 Å². The lowest BCUT2D eigenvalue weighted by molar-refractivity contribution is -0.385. The van der Waals surface area contributed by atoms with E-state index in [0.717, 1.165) is 0 Å². The summed E-state index contributed by atoms with van der Waals surface area (Å²) in [5.41, 5.74) is 1.33. The zero-order chi connectivity index (χ0) is 15.6. The van der Waals surface area contributed by atoms with Crippen LogP contribution in [-0.4, -0.2) is 15.4 Å². The van der Waals surface area contributed by atoms with Gasteiger partial charge in [0.25, 0.3) is 5.69 Å². The van der Waals surface area contributed by atoms with Gasteiger partial charge < -0.3 is 9.73 Å². The number of aryl methyl sites for hydroxylation is 1. The molecular formula is C15H19N3O3. The average Bonchev–Trinajstić information content (AvgIpc) is 2.84. The van der Waals surface area contributed by atoms with Crippen LogP contribution < -0.4 is 5.32 Å². The Morgan fingerprint density at radius 3 is 2.71 bits per heavy atom. The number of nitrogens with zero attached hydrogens (tertiary/aromatic N) is 2. The van der Waals surface area contributed by atoms with Crippen molar-refractivity contribution in [2.45, 2.75) is 39.8 Å². The van der Waals surface area contributed by atoms with Gasteiger partial charge in [0.2, 0.25) is 5.89 Å². The molecule has 0 spiro atoms. The largest absolute Gasteiger partial charge is 0.439 e. The summed E-state index contributed by atoms with van der Waals surface area (Å²) in [6, 6.07) is 5.02. The fraction of sp³-hybridized carbons (Fsp3) is 0.400. The highest BCUT2D eigenvalue weighted by atomic mass is 16.6. The molecule has 0 aliphatic rings. The van der Waals surface area contributed by atoms with Crippen LogP contribution in [0.3, 0.4) is 0 Å². The highest BCUT2D eigenvalue weighted by Crippen LogP contribution is 2.27. The highest BCUT2D eigenvalue weighted by molar-refractivity contribution is 5.62. The molecule has 0 aliphatic heterocycles. The van der Waals surface area contributed by atoms with Crippen molar-refractivity contribution in [1.29, 1.82) is 0 Å². The zero-order valence-electron chi connectivity index (χ0n) is 12.6. The van der Waals surface area contributed by atoms with E-state index in [2.05, 4.69) is 31.1 Å². The van der Waals surface area contributed by atoms with Gasteiger partial charge in [0.1, 0.15) is 0 Å². The molecule has 112 valence electrons. The normalized spacial score (nSPS) is 11.6. The van der Waals surface area contributed by atoms with Gasteiger partial charge in [0, 0.05) is 22.7 Å². The summed E-state index contributed by atoms with van der Waals surface area (Å²) in [6.45, 7) is 8.39. The second-order valence-electron chi connectivity index (χ2n) is 5.98. The highest BCUT2D eigenvalue weighted by Gasteiger charge is 2.15. The van der Waals surface area contributed by atoms with Crippen LogP contribution in [0.2, 0.25) is 0 Å². The molecule has 2 aromatic rings. The van der Waals surface area contributed by atoms with Crippen molar-refractivity contribution >= 4 is 5.69 Å². The molecule has 0 saturated carbocycles. The Kier molecular flexibility index (Phi) is 4.09. The molecular weight excluding hydrogens is 270 g/mol. The van der Waals surface area contributed by atoms with Gasteiger partial charge in [-0.15, -0.1) is 0 Å². The van der Waals surface area contributed by atoms with Crippen LogP contribution in [0, 0.1) is 17.0 Å². The van der Waals surface area contributed by atoms with Crippen molar-refractivity contribution < 1.29 is 9.34 Å². The standard InChI is InChI=1S/C15H19N3O3/c1-10-5-6-11(7-12(10)18(19)20)13-8-16-14(21-13)9-17-15(2,3)4/h5-8,17H,9H2,1-4H3. The maximum Gasteiger partial charge on any atom is 0.273 e. The maximum atomic E-state index is 11.0. The molecule has 2 rings (SSSR count). The first-order valence-corrected chi connectivity index (χ1v) is 6.71. The Morgan fingerprint density at radius 1 is 1.38 bits per heavy atom. The van der Waals surface area contributed by atoms with Crippen LogP contribution in [0.25, 0.3) is 11.3 Å². The summed E-state index contributed by atoms with van der Waals surface area (Å²) in [5.74, 6) is 1.09. The Hall–Kier alpha value is -2.21. The van der Waals surface area contributed by atoms with Gasteiger partial charge in [-0.05, 0) is 27.7 Å². The van der Waals surface area contributed by atoms with Crippen molar-refractivity contribution in [3.8, 4) is 11.3 Å². The van der Waals surface area contributed by atoms with Gasteiger partial charge in [-0.25, -0.2) is 4.98 Å². The quantitative estimate of drug-likeness (QED) is 0.688. The third-order valence-corrected chi connectivity index (χ3v) is 3.01. The number of nitro benzene ring substituents is 1. The molecule has 6 heteroatoms. The number of benzene rings is 1. The molecule has 0 bridgehead atoms. The SMILES string of the molecule is Cc1ccc(-c2cnc(CNC(C)(C)C)o2)cc1[N+](=O)[O-]. The third kappa shape index (κ3) is 3.88. The minimum atomic E-state index is -0.392. The molecule has 0 unspecified atom stereocenters. The van der Waals surface area contributed by atoms with Gasteiger partial charge in [-0.1, -0.05) is 12.1 Å². The Bertz CT molecular complexity index is 656. The molecule has 1 aromatic heterocycles. The molecule has 21 heavy (non-hydrogen) atoms. The fourth-order valence-electron chi connectivity index (χ4n) is 1.83. The van der Waals surface area contributed by atoms with E-state index in [4.69, 9.17) is 4.42 Å². The van der Waals surface area contributed by atoms with E-state index in [0.29, 0.717) is 29.3 Å². The summed E-state index contributed by atoms with van der Waals surface area (Å²) in [4.78, 5) is 14.8. The monoisotopic (exact) mass is 289 g/mol. The second-order valence-corrected chi connectivity index (χ2v) is 5.98. The van der Waals surface area contributed by atoms with Gasteiger partial charge >= 0.3 is 0 Å². The predicted molar refractivity (Wildman–Crippen MR) is 79.9 cm³/mol. The van der Waals surface area contributed by atoms with E-state index in [9.17, 15) is 10.1 Å². The first-order chi connectivity index (χ1) is 9.76. The zero-order valence-corrected chi connectivity index (χ0v) is 12.6. The van der Waals surface area contributed by atoms with Crippen molar-refractivity contribution in [3.05, 3.63) is 46.0 Å². The van der Waals surface area contributed by atoms with Crippen LogP contribution in [-0.2, 0) is 6.54 Å². The molecule has 1 aromatic carbocycles. The Morgan fingerprint density at radius 2 is 2.10 bits per heavy atom. The first kappa shape index (κ1) is 15.2. The number of oxazole rings is 1. The van der Waals surface area contributed by atoms with E-state index in [1.165, 1.54) is 6.07 Å². The third-order valence-electron chi connectivity index (χ3n) is 3.01. The number of nitrogens with one attached hydrogen (secondary N) is 1. The smallest absolute Gasteiger partial charge is 0.273 e. The number of nitro groups is 1. The van der Waals surface area contributed by atoms with Crippen molar-refractivity contribution in [1.82, 2.24) is 10.3 Å². The molecule has 1 N–H and O–H groups in total. The van der Waals surface area contributed by atoms with Crippen molar-refractivity contribution in [2.75, 3.05) is 0 Å². The molecule has 1 heterocycles. The van der Waals surface area contributed by atoms with E-state index in [-0.39, 0.29) is 11.2 Å². The summed E-state index contributed by atoms with van der Waals surface area (Å²) >= 11 is 0. The molecule has 0 aliphatic carbocycles. The lowest BCUT2D eigenvalue weighted by Crippen LogP contribution is -2.35. The molecule has 0 fully saturated rings. The van der Waals surface area contributed by atoms with Crippen LogP contribution >= 0.6 is 0 Å². The van der Waals surface area contributed by atoms with Gasteiger partial charge in [0.05, 0.1) is 17.7 Å². The molecule has 6 nitrogen and oxygen atoms in total. The molecule has 0 atom stereocenters. The number of hydrogen-bond donors (Lipinski definition) is 1. The average molecular weight is 289 g/mol. The van der Waals surface area contributed by atoms with E-state index in [1.54, 1.807) is 25.3 Å². The molecule has 0 radical (unpaired) electrons. The van der Waals surface area contributed by atoms with Crippen molar-refractivity contribution in [2.24, 2.45) is 0 Å². The first-order valence-electron chi connectivity index (χ1n) is 6.71. The summed E-state index contributed by atoms with van der Waals surface area (Å²) in [7, 11) is 0. The van der Waals surface area contributed by atoms with Crippen LogP contribution in [0.4, 0.5) is 5.69 Å². The second kappa shape index (κ2) is 5.65. The predicted octanol–water partition coefficient (Wildman–Crippen LogP) is 3.45. The van der Waals surface area contributed by atoms with Crippen LogP contribution in [0.5, 0.6) is 0 Å². The molecule has 0 amide bonds. The Labute approximate surface area is 123 Å². The van der Waals surface area contributed by atoms with Crippen LogP contribution in [0.15, 0.2) is 28.8 Å². The lowest BCUT2D eigenvalue weighted by atomic mass is 10.1. The topological polar surface area (TPSA) is 81.2 Å². The van der Waals surface area contributed by atoms with E-state index in [1.807, 2.05) is 0 Å². The minimum absolute atomic E-state index is 0.0305. The molecule has 0 saturated heterocycles.